The number of halogens is 1. The first-order chi connectivity index (χ1) is 14.0. The summed E-state index contributed by atoms with van der Waals surface area (Å²) < 4.78 is 13.1. The van der Waals surface area contributed by atoms with Gasteiger partial charge in [-0.25, -0.2) is 9.37 Å². The Balaban J connectivity index is 1.48. The number of nitrogens with two attached hydrogens (primary N) is 1. The van der Waals surface area contributed by atoms with Crippen molar-refractivity contribution < 1.29 is 14.0 Å². The third-order valence-electron chi connectivity index (χ3n) is 5.86. The molecule has 0 spiro atoms. The lowest BCUT2D eigenvalue weighted by atomic mass is 9.90. The highest BCUT2D eigenvalue weighted by atomic mass is 32.1. The molecule has 0 saturated carbocycles. The van der Waals surface area contributed by atoms with E-state index >= 15 is 0 Å². The van der Waals surface area contributed by atoms with Crippen LogP contribution in [0, 0.1) is 11.7 Å². The van der Waals surface area contributed by atoms with E-state index in [1.807, 2.05) is 4.90 Å². The standard InChI is InChI=1S/C21H25FN4O2S/c22-15-5-3-14(4-6-15)19(27)16-12-29-20(25-16)17-2-1-11-26(17)21(28)18(23)13-7-9-24-10-8-13/h3-6,12-13,17-18,24H,1-2,7-11,23H2/t17?,18-/m0/s1. The molecule has 0 bridgehead atoms. The monoisotopic (exact) mass is 416 g/mol. The summed E-state index contributed by atoms with van der Waals surface area (Å²) in [5, 5.41) is 5.78. The van der Waals surface area contributed by atoms with Crippen molar-refractivity contribution in [3.63, 3.8) is 0 Å². The average molecular weight is 417 g/mol. The van der Waals surface area contributed by atoms with Gasteiger partial charge in [-0.1, -0.05) is 0 Å². The Morgan fingerprint density at radius 2 is 1.93 bits per heavy atom. The van der Waals surface area contributed by atoms with Gasteiger partial charge in [-0.2, -0.15) is 0 Å². The van der Waals surface area contributed by atoms with Crippen LogP contribution >= 0.6 is 11.3 Å². The lowest BCUT2D eigenvalue weighted by molar-refractivity contribution is -0.135. The molecular weight excluding hydrogens is 391 g/mol. The van der Waals surface area contributed by atoms with Crippen LogP contribution < -0.4 is 11.1 Å². The number of rotatable bonds is 5. The molecule has 4 rings (SSSR count). The van der Waals surface area contributed by atoms with Gasteiger partial charge < -0.3 is 16.0 Å². The van der Waals surface area contributed by atoms with E-state index in [1.54, 1.807) is 5.38 Å². The molecule has 154 valence electrons. The Kier molecular flexibility index (Phi) is 6.03. The summed E-state index contributed by atoms with van der Waals surface area (Å²) in [5.74, 6) is -0.432. The van der Waals surface area contributed by atoms with Gasteiger partial charge in [-0.3, -0.25) is 9.59 Å². The molecule has 0 aliphatic carbocycles. The third-order valence-corrected chi connectivity index (χ3v) is 6.80. The number of thiazole rings is 1. The first kappa shape index (κ1) is 20.1. The number of amides is 1. The summed E-state index contributed by atoms with van der Waals surface area (Å²) in [4.78, 5) is 32.1. The van der Waals surface area contributed by atoms with Crippen molar-refractivity contribution in [3.8, 4) is 0 Å². The van der Waals surface area contributed by atoms with Gasteiger partial charge in [-0.15, -0.1) is 11.3 Å². The SMILES string of the molecule is N[C@H](C(=O)N1CCCC1c1nc(C(=O)c2ccc(F)cc2)cs1)C1CCNCC1. The van der Waals surface area contributed by atoms with Crippen LogP contribution in [-0.4, -0.2) is 47.3 Å². The van der Waals surface area contributed by atoms with Gasteiger partial charge in [0, 0.05) is 17.5 Å². The smallest absolute Gasteiger partial charge is 0.240 e. The molecule has 2 atom stereocenters. The highest BCUT2D eigenvalue weighted by molar-refractivity contribution is 7.10. The first-order valence-electron chi connectivity index (χ1n) is 10.1. The summed E-state index contributed by atoms with van der Waals surface area (Å²) >= 11 is 1.39. The average Bonchev–Trinajstić information content (AvgIpc) is 3.43. The van der Waals surface area contributed by atoms with Crippen LogP contribution in [-0.2, 0) is 4.79 Å². The van der Waals surface area contributed by atoms with Gasteiger partial charge >= 0.3 is 0 Å². The number of nitrogens with zero attached hydrogens (tertiary/aromatic N) is 2. The van der Waals surface area contributed by atoms with E-state index in [2.05, 4.69) is 10.3 Å². The summed E-state index contributed by atoms with van der Waals surface area (Å²) in [5.41, 5.74) is 7.06. The molecule has 1 aromatic carbocycles. The number of hydrogen-bond donors (Lipinski definition) is 2. The van der Waals surface area contributed by atoms with Crippen molar-refractivity contribution in [2.24, 2.45) is 11.7 Å². The molecule has 1 amide bonds. The predicted octanol–water partition coefficient (Wildman–Crippen LogP) is 2.50. The first-order valence-corrected chi connectivity index (χ1v) is 10.9. The molecule has 2 aromatic rings. The Morgan fingerprint density at radius 3 is 2.66 bits per heavy atom. The van der Waals surface area contributed by atoms with Gasteiger partial charge in [0.15, 0.2) is 0 Å². The van der Waals surface area contributed by atoms with Gasteiger partial charge in [-0.05, 0) is 69.0 Å². The van der Waals surface area contributed by atoms with E-state index in [4.69, 9.17) is 5.73 Å². The van der Waals surface area contributed by atoms with E-state index in [1.165, 1.54) is 35.6 Å². The van der Waals surface area contributed by atoms with Crippen LogP contribution in [0.1, 0.15) is 52.8 Å². The van der Waals surface area contributed by atoms with Gasteiger partial charge in [0.05, 0.1) is 12.1 Å². The lowest BCUT2D eigenvalue weighted by Gasteiger charge is -2.32. The zero-order chi connectivity index (χ0) is 20.4. The quantitative estimate of drug-likeness (QED) is 0.731. The molecule has 3 N–H and O–H groups in total. The van der Waals surface area contributed by atoms with Crippen LogP contribution in [0.2, 0.25) is 0 Å². The normalized spacial score (nSPS) is 21.3. The molecule has 1 aromatic heterocycles. The zero-order valence-corrected chi connectivity index (χ0v) is 17.0. The van der Waals surface area contributed by atoms with E-state index < -0.39 is 6.04 Å². The molecule has 2 fully saturated rings. The van der Waals surface area contributed by atoms with E-state index in [9.17, 15) is 14.0 Å². The lowest BCUT2D eigenvalue weighted by Crippen LogP contribution is -2.49. The number of likely N-dealkylation sites (tertiary alicyclic amines) is 1. The maximum atomic E-state index is 13.1. The third kappa shape index (κ3) is 4.24. The number of benzene rings is 1. The van der Waals surface area contributed by atoms with E-state index in [0.717, 1.165) is 43.8 Å². The number of aromatic nitrogens is 1. The van der Waals surface area contributed by atoms with Crippen LogP contribution in [0.3, 0.4) is 0 Å². The predicted molar refractivity (Wildman–Crippen MR) is 109 cm³/mol. The highest BCUT2D eigenvalue weighted by Gasteiger charge is 2.37. The summed E-state index contributed by atoms with van der Waals surface area (Å²) in [7, 11) is 0. The van der Waals surface area contributed by atoms with Crippen LogP contribution in [0.4, 0.5) is 4.39 Å². The van der Waals surface area contributed by atoms with Crippen molar-refractivity contribution in [2.45, 2.75) is 37.8 Å². The van der Waals surface area contributed by atoms with E-state index in [-0.39, 0.29) is 29.5 Å². The van der Waals surface area contributed by atoms with Crippen molar-refractivity contribution >= 4 is 23.0 Å². The maximum absolute atomic E-state index is 13.1. The minimum absolute atomic E-state index is 0.0130. The fourth-order valence-corrected chi connectivity index (χ4v) is 5.12. The Morgan fingerprint density at radius 1 is 1.21 bits per heavy atom. The Hall–Kier alpha value is -2.16. The summed E-state index contributed by atoms with van der Waals surface area (Å²) in [6.45, 7) is 2.47. The van der Waals surface area contributed by atoms with Crippen molar-refractivity contribution in [1.29, 1.82) is 0 Å². The molecule has 29 heavy (non-hydrogen) atoms. The summed E-state index contributed by atoms with van der Waals surface area (Å²) in [6, 6.07) is 4.83. The molecule has 2 aliphatic heterocycles. The molecule has 2 saturated heterocycles. The van der Waals surface area contributed by atoms with Gasteiger partial charge in [0.25, 0.3) is 0 Å². The minimum Gasteiger partial charge on any atom is -0.332 e. The molecule has 1 unspecified atom stereocenters. The number of nitrogens with one attached hydrogen (secondary N) is 1. The fraction of sp³-hybridized carbons (Fsp3) is 0.476. The minimum atomic E-state index is -0.488. The molecule has 2 aliphatic rings. The molecule has 8 heteroatoms. The number of hydrogen-bond acceptors (Lipinski definition) is 6. The molecule has 3 heterocycles. The van der Waals surface area contributed by atoms with Gasteiger partial charge in [0.2, 0.25) is 11.7 Å². The largest absolute Gasteiger partial charge is 0.332 e. The Labute approximate surface area is 173 Å². The second kappa shape index (κ2) is 8.69. The number of ketones is 1. The molecule has 6 nitrogen and oxygen atoms in total. The topological polar surface area (TPSA) is 88.3 Å². The number of carbonyl (C=O) groups is 2. The molecular formula is C21H25FN4O2S. The van der Waals surface area contributed by atoms with Crippen molar-refractivity contribution in [3.05, 3.63) is 51.7 Å². The zero-order valence-electron chi connectivity index (χ0n) is 16.1. The van der Waals surface area contributed by atoms with Crippen LogP contribution in [0.5, 0.6) is 0 Å². The van der Waals surface area contributed by atoms with Crippen LogP contribution in [0.15, 0.2) is 29.6 Å². The maximum Gasteiger partial charge on any atom is 0.240 e. The molecule has 0 radical (unpaired) electrons. The number of piperidine rings is 1. The van der Waals surface area contributed by atoms with Gasteiger partial charge in [0.1, 0.15) is 16.5 Å². The van der Waals surface area contributed by atoms with E-state index in [0.29, 0.717) is 17.8 Å². The highest BCUT2D eigenvalue weighted by Crippen LogP contribution is 2.35. The van der Waals surface area contributed by atoms with Crippen LogP contribution in [0.25, 0.3) is 0 Å². The summed E-state index contributed by atoms with van der Waals surface area (Å²) in [6.07, 6.45) is 3.55. The Bertz CT molecular complexity index is 879. The fourth-order valence-electron chi connectivity index (χ4n) is 4.18. The second-order valence-electron chi connectivity index (χ2n) is 7.71. The van der Waals surface area contributed by atoms with Crippen molar-refractivity contribution in [1.82, 2.24) is 15.2 Å². The van der Waals surface area contributed by atoms with Crippen molar-refractivity contribution in [2.75, 3.05) is 19.6 Å². The number of carbonyl (C=O) groups excluding carboxylic acids is 2. The second-order valence-corrected chi connectivity index (χ2v) is 8.60.